The maximum absolute atomic E-state index is 10.9. The van der Waals surface area contributed by atoms with E-state index in [0.717, 1.165) is 5.56 Å². The van der Waals surface area contributed by atoms with Crippen LogP contribution < -0.4 is 4.72 Å². The van der Waals surface area contributed by atoms with Crippen LogP contribution in [0.2, 0.25) is 0 Å². The average Bonchev–Trinajstić information content (AvgIpc) is 2.21. The molecular formula is C8H11NO4S. The highest BCUT2D eigenvalue weighted by molar-refractivity contribution is 7.81. The molecular weight excluding hydrogens is 206 g/mol. The van der Waals surface area contributed by atoms with Gasteiger partial charge in [-0.2, -0.15) is 0 Å². The van der Waals surface area contributed by atoms with Gasteiger partial charge in [-0.15, -0.1) is 0 Å². The predicted molar refractivity (Wildman–Crippen MR) is 52.6 cm³/mol. The van der Waals surface area contributed by atoms with Gasteiger partial charge in [0.2, 0.25) is 0 Å². The molecule has 0 aliphatic heterocycles. The second kappa shape index (κ2) is 5.71. The minimum atomic E-state index is -1.52. The molecule has 14 heavy (non-hydrogen) atoms. The van der Waals surface area contributed by atoms with Gasteiger partial charge in [-0.1, -0.05) is 12.1 Å². The van der Waals surface area contributed by atoms with E-state index >= 15 is 0 Å². The van der Waals surface area contributed by atoms with Gasteiger partial charge in [0.1, 0.15) is 6.61 Å². The van der Waals surface area contributed by atoms with Crippen LogP contribution in [0.3, 0.4) is 0 Å². The summed E-state index contributed by atoms with van der Waals surface area (Å²) in [5, 5.41) is 8.19. The summed E-state index contributed by atoms with van der Waals surface area (Å²) in [4.78, 5) is 3.96. The zero-order chi connectivity index (χ0) is 10.4. The lowest BCUT2D eigenvalue weighted by molar-refractivity contribution is -0.253. The number of nitrogens with one attached hydrogen (secondary N) is 1. The van der Waals surface area contributed by atoms with E-state index in [1.54, 1.807) is 24.3 Å². The fraction of sp³-hybridized carbons (Fsp3) is 0.250. The molecule has 1 atom stereocenters. The number of hydrogen-bond acceptors (Lipinski definition) is 4. The zero-order valence-corrected chi connectivity index (χ0v) is 8.41. The molecule has 0 spiro atoms. The molecule has 78 valence electrons. The van der Waals surface area contributed by atoms with Crippen LogP contribution in [0.1, 0.15) is 5.56 Å². The van der Waals surface area contributed by atoms with Crippen LogP contribution >= 0.6 is 0 Å². The molecule has 0 heterocycles. The smallest absolute Gasteiger partial charge is 0.261 e. The lowest BCUT2D eigenvalue weighted by Crippen LogP contribution is -2.05. The first kappa shape index (κ1) is 11.1. The van der Waals surface area contributed by atoms with Crippen molar-refractivity contribution in [3.05, 3.63) is 29.8 Å². The van der Waals surface area contributed by atoms with Gasteiger partial charge in [0.25, 0.3) is 11.3 Å². The molecule has 0 fully saturated rings. The summed E-state index contributed by atoms with van der Waals surface area (Å²) in [6.07, 6.45) is 0. The normalized spacial score (nSPS) is 12.4. The molecule has 2 N–H and O–H groups in total. The van der Waals surface area contributed by atoms with Gasteiger partial charge in [-0.05, 0) is 17.7 Å². The average molecular weight is 217 g/mol. The summed E-state index contributed by atoms with van der Waals surface area (Å²) >= 11 is -1.52. The molecule has 0 aliphatic carbocycles. The summed E-state index contributed by atoms with van der Waals surface area (Å²) in [5.74, 6) is 0. The van der Waals surface area contributed by atoms with E-state index in [1.165, 1.54) is 7.11 Å². The maximum atomic E-state index is 10.9. The van der Waals surface area contributed by atoms with Gasteiger partial charge < -0.3 is 0 Å². The fourth-order valence-corrected chi connectivity index (χ4v) is 1.29. The summed E-state index contributed by atoms with van der Waals surface area (Å²) in [6, 6.07) is 6.91. The van der Waals surface area contributed by atoms with E-state index in [1.807, 2.05) is 0 Å². The summed E-state index contributed by atoms with van der Waals surface area (Å²) in [6.45, 7) is 0.133. The van der Waals surface area contributed by atoms with Crippen molar-refractivity contribution in [1.82, 2.24) is 0 Å². The Labute approximate surface area is 84.4 Å². The first-order chi connectivity index (χ1) is 6.76. The van der Waals surface area contributed by atoms with E-state index in [2.05, 4.69) is 13.8 Å². The minimum absolute atomic E-state index is 0.133. The molecule has 1 aromatic rings. The van der Waals surface area contributed by atoms with Gasteiger partial charge >= 0.3 is 0 Å². The van der Waals surface area contributed by atoms with Crippen molar-refractivity contribution in [2.75, 3.05) is 11.8 Å². The SMILES string of the molecule is COS(=O)Nc1ccc(COO)cc1. The first-order valence-electron chi connectivity index (χ1n) is 3.84. The molecule has 1 rings (SSSR count). The topological polar surface area (TPSA) is 67.8 Å². The van der Waals surface area contributed by atoms with Crippen LogP contribution in [0.15, 0.2) is 24.3 Å². The number of anilines is 1. The monoisotopic (exact) mass is 217 g/mol. The van der Waals surface area contributed by atoms with Crippen LogP contribution in [-0.4, -0.2) is 16.6 Å². The van der Waals surface area contributed by atoms with Crippen molar-refractivity contribution < 1.29 is 18.5 Å². The molecule has 1 aromatic carbocycles. The molecule has 0 aliphatic rings. The Bertz CT molecular complexity index is 301. The van der Waals surface area contributed by atoms with Crippen molar-refractivity contribution >= 4 is 17.0 Å². The standard InChI is InChI=1S/C8H11NO4S/c1-12-14(11)9-8-4-2-7(3-5-8)6-13-10/h2-5,9-10H,6H2,1H3. The highest BCUT2D eigenvalue weighted by Crippen LogP contribution is 2.10. The predicted octanol–water partition coefficient (Wildman–Crippen LogP) is 1.31. The van der Waals surface area contributed by atoms with Crippen molar-refractivity contribution in [2.45, 2.75) is 6.61 Å². The van der Waals surface area contributed by atoms with Crippen molar-refractivity contribution in [1.29, 1.82) is 0 Å². The molecule has 0 saturated heterocycles. The van der Waals surface area contributed by atoms with Crippen LogP contribution in [0.25, 0.3) is 0 Å². The Hall–Kier alpha value is -0.950. The highest BCUT2D eigenvalue weighted by Gasteiger charge is 1.98. The third-order valence-electron chi connectivity index (χ3n) is 1.54. The molecule has 0 aromatic heterocycles. The van der Waals surface area contributed by atoms with Crippen LogP contribution in [0, 0.1) is 0 Å². The van der Waals surface area contributed by atoms with Gasteiger partial charge in [-0.3, -0.25) is 14.2 Å². The lowest BCUT2D eigenvalue weighted by Gasteiger charge is -2.04. The quantitative estimate of drug-likeness (QED) is 0.576. The van der Waals surface area contributed by atoms with Gasteiger partial charge in [0.15, 0.2) is 0 Å². The largest absolute Gasteiger partial charge is 0.282 e. The maximum Gasteiger partial charge on any atom is 0.261 e. The Morgan fingerprint density at radius 2 is 2.07 bits per heavy atom. The lowest BCUT2D eigenvalue weighted by atomic mass is 10.2. The van der Waals surface area contributed by atoms with Crippen molar-refractivity contribution in [2.24, 2.45) is 0 Å². The van der Waals surface area contributed by atoms with Crippen LogP contribution in [0.5, 0.6) is 0 Å². The molecule has 5 nitrogen and oxygen atoms in total. The van der Waals surface area contributed by atoms with Crippen molar-refractivity contribution in [3.8, 4) is 0 Å². The third-order valence-corrected chi connectivity index (χ3v) is 2.24. The van der Waals surface area contributed by atoms with Crippen LogP contribution in [-0.2, 0) is 26.9 Å². The van der Waals surface area contributed by atoms with E-state index in [-0.39, 0.29) is 6.61 Å². The third kappa shape index (κ3) is 3.43. The summed E-state index contributed by atoms with van der Waals surface area (Å²) in [7, 11) is 1.34. The first-order valence-corrected chi connectivity index (χ1v) is 4.92. The van der Waals surface area contributed by atoms with E-state index in [0.29, 0.717) is 5.69 Å². The Kier molecular flexibility index (Phi) is 4.54. The highest BCUT2D eigenvalue weighted by atomic mass is 32.2. The number of rotatable bonds is 5. The Morgan fingerprint density at radius 1 is 1.43 bits per heavy atom. The molecule has 0 amide bonds. The van der Waals surface area contributed by atoms with E-state index in [4.69, 9.17) is 5.26 Å². The van der Waals surface area contributed by atoms with Gasteiger partial charge in [-0.25, -0.2) is 9.10 Å². The molecule has 1 unspecified atom stereocenters. The Balaban J connectivity index is 2.59. The fourth-order valence-electron chi connectivity index (χ4n) is 0.881. The second-order valence-corrected chi connectivity index (χ2v) is 3.48. The Morgan fingerprint density at radius 3 is 2.57 bits per heavy atom. The van der Waals surface area contributed by atoms with Gasteiger partial charge in [0, 0.05) is 5.69 Å². The zero-order valence-electron chi connectivity index (χ0n) is 7.60. The number of hydrogen-bond donors (Lipinski definition) is 2. The molecule has 0 radical (unpaired) electrons. The van der Waals surface area contributed by atoms with E-state index < -0.39 is 11.3 Å². The van der Waals surface area contributed by atoms with Gasteiger partial charge in [0.05, 0.1) is 7.11 Å². The summed E-state index contributed by atoms with van der Waals surface area (Å²) < 4.78 is 18.0. The molecule has 0 saturated carbocycles. The van der Waals surface area contributed by atoms with E-state index in [9.17, 15) is 4.21 Å². The number of benzene rings is 1. The molecule has 0 bridgehead atoms. The second-order valence-electron chi connectivity index (χ2n) is 2.47. The summed E-state index contributed by atoms with van der Waals surface area (Å²) in [5.41, 5.74) is 1.49. The molecule has 6 heteroatoms. The van der Waals surface area contributed by atoms with Crippen molar-refractivity contribution in [3.63, 3.8) is 0 Å². The van der Waals surface area contributed by atoms with Crippen LogP contribution in [0.4, 0.5) is 5.69 Å². The minimum Gasteiger partial charge on any atom is -0.282 e.